The van der Waals surface area contributed by atoms with Crippen LogP contribution in [0.3, 0.4) is 0 Å². The van der Waals surface area contributed by atoms with Crippen LogP contribution >= 0.6 is 23.8 Å². The number of methoxy groups -OCH3 is 2. The van der Waals surface area contributed by atoms with Crippen molar-refractivity contribution in [3.05, 3.63) is 101 Å². The zero-order valence-corrected chi connectivity index (χ0v) is 22.1. The molecular formula is C28H27ClN4O2S. The maximum atomic E-state index is 6.34. The first-order valence-electron chi connectivity index (χ1n) is 11.6. The standard InChI is InChI=1S/C28H27ClN4O2S/c1-17-14-22(18(2)32(17)20-9-7-8-19(29)15-20)27-26(23-10-5-6-13-30-23)31-28(36)33(27)24-16-21(34-3)11-12-25(24)35-4/h5-16,26-27H,1-4H3,(H,31,36)/t26-,27+/m0/s1. The molecule has 1 fully saturated rings. The summed E-state index contributed by atoms with van der Waals surface area (Å²) in [5, 5.41) is 4.82. The van der Waals surface area contributed by atoms with E-state index in [2.05, 4.69) is 45.7 Å². The van der Waals surface area contributed by atoms with Crippen LogP contribution in [-0.2, 0) is 0 Å². The minimum atomic E-state index is -0.187. The van der Waals surface area contributed by atoms with Gasteiger partial charge in [-0.15, -0.1) is 0 Å². The van der Waals surface area contributed by atoms with Gasteiger partial charge in [-0.05, 0) is 80.2 Å². The molecular weight excluding hydrogens is 492 g/mol. The van der Waals surface area contributed by atoms with Crippen LogP contribution in [0.2, 0.25) is 5.02 Å². The molecule has 8 heteroatoms. The summed E-state index contributed by atoms with van der Waals surface area (Å²) in [6, 6.07) is 21.4. The van der Waals surface area contributed by atoms with Crippen LogP contribution in [0.15, 0.2) is 72.9 Å². The van der Waals surface area contributed by atoms with E-state index in [-0.39, 0.29) is 12.1 Å². The topological polar surface area (TPSA) is 51.6 Å². The van der Waals surface area contributed by atoms with Gasteiger partial charge < -0.3 is 24.3 Å². The molecule has 0 spiro atoms. The fourth-order valence-electron chi connectivity index (χ4n) is 5.02. The van der Waals surface area contributed by atoms with Gasteiger partial charge in [-0.25, -0.2) is 0 Å². The lowest BCUT2D eigenvalue weighted by Gasteiger charge is -2.29. The molecule has 2 atom stereocenters. The summed E-state index contributed by atoms with van der Waals surface area (Å²) in [5.74, 6) is 1.42. The average Bonchev–Trinajstić information content (AvgIpc) is 3.38. The quantitative estimate of drug-likeness (QED) is 0.301. The maximum absolute atomic E-state index is 6.34. The van der Waals surface area contributed by atoms with Crippen LogP contribution in [0.1, 0.15) is 34.7 Å². The summed E-state index contributed by atoms with van der Waals surface area (Å²) < 4.78 is 13.5. The number of thiocarbonyl (C=S) groups is 1. The van der Waals surface area contributed by atoms with Gasteiger partial charge in [-0.1, -0.05) is 23.7 Å². The maximum Gasteiger partial charge on any atom is 0.174 e. The summed E-state index contributed by atoms with van der Waals surface area (Å²) in [6.45, 7) is 4.23. The number of benzene rings is 2. The van der Waals surface area contributed by atoms with Crippen LogP contribution < -0.4 is 19.7 Å². The normalized spacial score (nSPS) is 17.2. The highest BCUT2D eigenvalue weighted by molar-refractivity contribution is 7.80. The molecule has 0 bridgehead atoms. The third-order valence-corrected chi connectivity index (χ3v) is 7.15. The Bertz CT molecular complexity index is 1420. The van der Waals surface area contributed by atoms with Crippen LogP contribution in [0, 0.1) is 13.8 Å². The Kier molecular flexibility index (Phi) is 6.60. The van der Waals surface area contributed by atoms with E-state index in [1.54, 1.807) is 20.4 Å². The van der Waals surface area contributed by atoms with Gasteiger partial charge in [0.2, 0.25) is 0 Å². The lowest BCUT2D eigenvalue weighted by molar-refractivity contribution is 0.403. The summed E-state index contributed by atoms with van der Waals surface area (Å²) in [5.41, 5.74) is 6.06. The van der Waals surface area contributed by atoms with Crippen molar-refractivity contribution in [3.8, 4) is 17.2 Å². The van der Waals surface area contributed by atoms with Crippen molar-refractivity contribution in [2.75, 3.05) is 19.1 Å². The van der Waals surface area contributed by atoms with Gasteiger partial charge >= 0.3 is 0 Å². The monoisotopic (exact) mass is 518 g/mol. The van der Waals surface area contributed by atoms with Gasteiger partial charge in [0.05, 0.1) is 37.7 Å². The summed E-state index contributed by atoms with van der Waals surface area (Å²) in [6.07, 6.45) is 1.81. The van der Waals surface area contributed by atoms with E-state index in [1.165, 1.54) is 0 Å². The van der Waals surface area contributed by atoms with Crippen LogP contribution in [0.5, 0.6) is 11.5 Å². The minimum absolute atomic E-state index is 0.178. The number of halogens is 1. The first-order chi connectivity index (χ1) is 17.4. The molecule has 1 saturated heterocycles. The Labute approximate surface area is 221 Å². The lowest BCUT2D eigenvalue weighted by atomic mass is 9.96. The smallest absolute Gasteiger partial charge is 0.174 e. The first kappa shape index (κ1) is 24.2. The number of hydrogen-bond acceptors (Lipinski definition) is 4. The molecule has 2 aromatic carbocycles. The fraction of sp³-hybridized carbons (Fsp3) is 0.214. The molecule has 5 rings (SSSR count). The van der Waals surface area contributed by atoms with E-state index >= 15 is 0 Å². The first-order valence-corrected chi connectivity index (χ1v) is 12.4. The molecule has 1 N–H and O–H groups in total. The fourth-order valence-corrected chi connectivity index (χ4v) is 5.54. The van der Waals surface area contributed by atoms with E-state index < -0.39 is 0 Å². The Hall–Kier alpha value is -3.55. The highest BCUT2D eigenvalue weighted by Gasteiger charge is 2.43. The Morgan fingerprint density at radius 3 is 2.50 bits per heavy atom. The second kappa shape index (κ2) is 9.84. The van der Waals surface area contributed by atoms with Crippen LogP contribution in [-0.4, -0.2) is 28.9 Å². The second-order valence-corrected chi connectivity index (χ2v) is 9.50. The van der Waals surface area contributed by atoms with Gasteiger partial charge in [-0.2, -0.15) is 0 Å². The summed E-state index contributed by atoms with van der Waals surface area (Å²) in [4.78, 5) is 6.79. The van der Waals surface area contributed by atoms with Crippen molar-refractivity contribution >= 4 is 34.6 Å². The van der Waals surface area contributed by atoms with Gasteiger partial charge in [0.25, 0.3) is 0 Å². The second-order valence-electron chi connectivity index (χ2n) is 8.68. The van der Waals surface area contributed by atoms with E-state index in [0.29, 0.717) is 15.9 Å². The Morgan fingerprint density at radius 1 is 0.972 bits per heavy atom. The number of pyridine rings is 1. The highest BCUT2D eigenvalue weighted by atomic mass is 35.5. The molecule has 0 aliphatic carbocycles. The molecule has 2 aromatic heterocycles. The predicted octanol–water partition coefficient (Wildman–Crippen LogP) is 6.34. The third-order valence-electron chi connectivity index (χ3n) is 6.60. The van der Waals surface area contributed by atoms with E-state index in [1.807, 2.05) is 54.6 Å². The number of rotatable bonds is 6. The average molecular weight is 519 g/mol. The molecule has 0 saturated carbocycles. The van der Waals surface area contributed by atoms with Crippen molar-refractivity contribution in [2.24, 2.45) is 0 Å². The number of anilines is 1. The van der Waals surface area contributed by atoms with Crippen molar-refractivity contribution in [1.82, 2.24) is 14.9 Å². The lowest BCUT2D eigenvalue weighted by Crippen LogP contribution is -2.30. The van der Waals surface area contributed by atoms with Crippen molar-refractivity contribution in [1.29, 1.82) is 0 Å². The van der Waals surface area contributed by atoms with Crippen molar-refractivity contribution < 1.29 is 9.47 Å². The number of ether oxygens (including phenoxy) is 2. The largest absolute Gasteiger partial charge is 0.497 e. The molecule has 4 aromatic rings. The van der Waals surface area contributed by atoms with E-state index in [9.17, 15) is 0 Å². The molecule has 6 nitrogen and oxygen atoms in total. The molecule has 0 amide bonds. The SMILES string of the molecule is COc1ccc(OC)c(N2C(=S)N[C@@H](c3ccccn3)[C@H]2c2cc(C)n(-c3cccc(Cl)c3)c2C)c1. The number of aryl methyl sites for hydroxylation is 1. The highest BCUT2D eigenvalue weighted by Crippen LogP contribution is 2.47. The molecule has 36 heavy (non-hydrogen) atoms. The molecule has 1 aliphatic rings. The van der Waals surface area contributed by atoms with Crippen molar-refractivity contribution in [2.45, 2.75) is 25.9 Å². The molecule has 0 unspecified atom stereocenters. The summed E-state index contributed by atoms with van der Waals surface area (Å²) >= 11 is 12.3. The van der Waals surface area contributed by atoms with Crippen molar-refractivity contribution in [3.63, 3.8) is 0 Å². The van der Waals surface area contributed by atoms with Gasteiger partial charge in [0.1, 0.15) is 11.5 Å². The van der Waals surface area contributed by atoms with Crippen LogP contribution in [0.25, 0.3) is 5.69 Å². The molecule has 1 aliphatic heterocycles. The zero-order valence-electron chi connectivity index (χ0n) is 20.5. The number of aromatic nitrogens is 2. The third kappa shape index (κ3) is 4.18. The molecule has 0 radical (unpaired) electrons. The predicted molar refractivity (Wildman–Crippen MR) is 148 cm³/mol. The van der Waals surface area contributed by atoms with Gasteiger partial charge in [-0.3, -0.25) is 4.98 Å². The van der Waals surface area contributed by atoms with E-state index in [0.717, 1.165) is 39.8 Å². The van der Waals surface area contributed by atoms with Gasteiger partial charge in [0, 0.05) is 34.4 Å². The molecule has 3 heterocycles. The Morgan fingerprint density at radius 2 is 1.81 bits per heavy atom. The summed E-state index contributed by atoms with van der Waals surface area (Å²) in [7, 11) is 3.31. The molecule has 184 valence electrons. The number of hydrogen-bond donors (Lipinski definition) is 1. The van der Waals surface area contributed by atoms with Gasteiger partial charge in [0.15, 0.2) is 5.11 Å². The number of nitrogens with one attached hydrogen (secondary N) is 1. The van der Waals surface area contributed by atoms with E-state index in [4.69, 9.17) is 33.3 Å². The van der Waals surface area contributed by atoms with Crippen LogP contribution in [0.4, 0.5) is 5.69 Å². The number of nitrogens with zero attached hydrogens (tertiary/aromatic N) is 3. The minimum Gasteiger partial charge on any atom is -0.497 e. The zero-order chi connectivity index (χ0) is 25.4. The Balaban J connectivity index is 1.72.